The van der Waals surface area contributed by atoms with E-state index in [1.165, 1.54) is 42.1 Å². The average Bonchev–Trinajstić information content (AvgIpc) is 2.73. The Labute approximate surface area is 190 Å². The molecule has 2 heterocycles. The van der Waals surface area contributed by atoms with Crippen molar-refractivity contribution in [2.24, 2.45) is 0 Å². The quantitative estimate of drug-likeness (QED) is 0.466. The SMILES string of the molecule is CC1(C)CCNc2cc(NC(=O)c3ccc(-c4ncccc4C(F)(F)F)cc3)ccc21.Cl. The van der Waals surface area contributed by atoms with Crippen molar-refractivity contribution in [3.63, 3.8) is 0 Å². The van der Waals surface area contributed by atoms with Crippen molar-refractivity contribution in [1.29, 1.82) is 0 Å². The Morgan fingerprint density at radius 2 is 1.81 bits per heavy atom. The van der Waals surface area contributed by atoms with Gasteiger partial charge in [0.15, 0.2) is 0 Å². The highest BCUT2D eigenvalue weighted by Crippen LogP contribution is 2.38. The Balaban J connectivity index is 0.00000289. The number of anilines is 2. The van der Waals surface area contributed by atoms with Gasteiger partial charge >= 0.3 is 6.18 Å². The van der Waals surface area contributed by atoms with Crippen molar-refractivity contribution in [3.05, 3.63) is 77.5 Å². The molecule has 4 nitrogen and oxygen atoms in total. The van der Waals surface area contributed by atoms with Gasteiger partial charge in [-0.15, -0.1) is 12.4 Å². The lowest BCUT2D eigenvalue weighted by atomic mass is 9.78. The summed E-state index contributed by atoms with van der Waals surface area (Å²) in [6.45, 7) is 5.25. The molecule has 0 bridgehead atoms. The lowest BCUT2D eigenvalue weighted by Gasteiger charge is -2.33. The molecule has 1 amide bonds. The lowest BCUT2D eigenvalue weighted by molar-refractivity contribution is -0.137. The van der Waals surface area contributed by atoms with Crippen LogP contribution in [0.25, 0.3) is 11.3 Å². The number of carbonyl (C=O) groups is 1. The number of halogens is 4. The molecule has 4 rings (SSSR count). The third-order valence-corrected chi connectivity index (χ3v) is 5.61. The molecule has 0 atom stereocenters. The predicted octanol–water partition coefficient (Wildman–Crippen LogP) is 6.53. The van der Waals surface area contributed by atoms with Gasteiger partial charge < -0.3 is 10.6 Å². The van der Waals surface area contributed by atoms with E-state index in [4.69, 9.17) is 0 Å². The number of nitrogens with zero attached hydrogens (tertiary/aromatic N) is 1. The monoisotopic (exact) mass is 461 g/mol. The third kappa shape index (κ3) is 4.72. The largest absolute Gasteiger partial charge is 0.418 e. The number of hydrogen-bond acceptors (Lipinski definition) is 3. The summed E-state index contributed by atoms with van der Waals surface area (Å²) in [5.41, 5.74) is 2.60. The second-order valence-corrected chi connectivity index (χ2v) is 8.25. The van der Waals surface area contributed by atoms with Crippen molar-refractivity contribution in [2.45, 2.75) is 31.9 Å². The first-order valence-corrected chi connectivity index (χ1v) is 9.97. The molecule has 0 radical (unpaired) electrons. The minimum absolute atomic E-state index is 0. The molecule has 0 fully saturated rings. The van der Waals surface area contributed by atoms with Crippen LogP contribution in [0.1, 0.15) is 41.8 Å². The van der Waals surface area contributed by atoms with E-state index in [9.17, 15) is 18.0 Å². The van der Waals surface area contributed by atoms with Crippen molar-refractivity contribution in [2.75, 3.05) is 17.2 Å². The Morgan fingerprint density at radius 3 is 2.50 bits per heavy atom. The minimum Gasteiger partial charge on any atom is -0.385 e. The van der Waals surface area contributed by atoms with Gasteiger partial charge in [0, 0.05) is 35.2 Å². The van der Waals surface area contributed by atoms with Crippen LogP contribution >= 0.6 is 12.4 Å². The molecule has 0 spiro atoms. The molecule has 168 valence electrons. The van der Waals surface area contributed by atoms with Crippen LogP contribution in [0, 0.1) is 0 Å². The maximum absolute atomic E-state index is 13.2. The van der Waals surface area contributed by atoms with Gasteiger partial charge in [0.1, 0.15) is 0 Å². The van der Waals surface area contributed by atoms with Crippen LogP contribution in [0.2, 0.25) is 0 Å². The topological polar surface area (TPSA) is 54.0 Å². The summed E-state index contributed by atoms with van der Waals surface area (Å²) in [6, 6.07) is 14.0. The van der Waals surface area contributed by atoms with Crippen molar-refractivity contribution < 1.29 is 18.0 Å². The summed E-state index contributed by atoms with van der Waals surface area (Å²) in [4.78, 5) is 16.5. The number of hydrogen-bond donors (Lipinski definition) is 2. The summed E-state index contributed by atoms with van der Waals surface area (Å²) < 4.78 is 39.7. The number of fused-ring (bicyclic) bond motifs is 1. The van der Waals surface area contributed by atoms with Gasteiger partial charge in [-0.25, -0.2) is 0 Å². The first-order chi connectivity index (χ1) is 14.6. The van der Waals surface area contributed by atoms with Crippen molar-refractivity contribution in [3.8, 4) is 11.3 Å². The highest BCUT2D eigenvalue weighted by atomic mass is 35.5. The number of amides is 1. The number of benzene rings is 2. The van der Waals surface area contributed by atoms with Crippen LogP contribution in [0.15, 0.2) is 60.8 Å². The molecule has 1 aromatic heterocycles. The van der Waals surface area contributed by atoms with E-state index in [0.717, 1.165) is 24.7 Å². The number of carbonyl (C=O) groups excluding carboxylic acids is 1. The molecule has 0 unspecified atom stereocenters. The van der Waals surface area contributed by atoms with Gasteiger partial charge in [-0.2, -0.15) is 13.2 Å². The van der Waals surface area contributed by atoms with E-state index < -0.39 is 11.7 Å². The lowest BCUT2D eigenvalue weighted by Crippen LogP contribution is -2.28. The zero-order valence-corrected chi connectivity index (χ0v) is 18.4. The minimum atomic E-state index is -4.51. The van der Waals surface area contributed by atoms with Gasteiger partial charge in [0.05, 0.1) is 11.3 Å². The summed E-state index contributed by atoms with van der Waals surface area (Å²) in [5, 5.41) is 6.22. The molecule has 1 aliphatic rings. The van der Waals surface area contributed by atoms with Gasteiger partial charge in [0.2, 0.25) is 0 Å². The van der Waals surface area contributed by atoms with Crippen LogP contribution in [0.4, 0.5) is 24.5 Å². The zero-order valence-electron chi connectivity index (χ0n) is 17.6. The number of aromatic nitrogens is 1. The number of alkyl halides is 3. The molecule has 2 N–H and O–H groups in total. The van der Waals surface area contributed by atoms with Crippen molar-refractivity contribution >= 4 is 29.7 Å². The third-order valence-electron chi connectivity index (χ3n) is 5.61. The maximum Gasteiger partial charge on any atom is 0.418 e. The molecule has 0 saturated heterocycles. The molecular formula is C24H23ClF3N3O. The fourth-order valence-electron chi connectivity index (χ4n) is 3.85. The molecule has 1 aliphatic heterocycles. The number of pyridine rings is 1. The molecule has 32 heavy (non-hydrogen) atoms. The first-order valence-electron chi connectivity index (χ1n) is 9.97. The van der Waals surface area contributed by atoms with Crippen LogP contribution in [-0.4, -0.2) is 17.4 Å². The molecule has 0 aliphatic carbocycles. The van der Waals surface area contributed by atoms with Crippen molar-refractivity contribution in [1.82, 2.24) is 4.98 Å². The fourth-order valence-corrected chi connectivity index (χ4v) is 3.85. The standard InChI is InChI=1S/C24H22F3N3O.ClH/c1-23(2)11-13-28-20-14-17(9-10-18(20)23)30-22(31)16-7-5-15(6-8-16)21-19(24(25,26)27)4-3-12-29-21;/h3-10,12,14,28H,11,13H2,1-2H3,(H,30,31);1H. The Bertz CT molecular complexity index is 1130. The summed E-state index contributed by atoms with van der Waals surface area (Å²) in [7, 11) is 0. The van der Waals surface area contributed by atoms with E-state index >= 15 is 0 Å². The van der Waals surface area contributed by atoms with Crippen LogP contribution < -0.4 is 10.6 Å². The van der Waals surface area contributed by atoms with E-state index in [1.807, 2.05) is 18.2 Å². The Morgan fingerprint density at radius 1 is 1.09 bits per heavy atom. The highest BCUT2D eigenvalue weighted by Gasteiger charge is 2.34. The molecule has 8 heteroatoms. The second kappa shape index (κ2) is 8.82. The Kier molecular flexibility index (Phi) is 6.51. The van der Waals surface area contributed by atoms with E-state index in [-0.39, 0.29) is 29.4 Å². The van der Waals surface area contributed by atoms with Gasteiger partial charge in [-0.05, 0) is 53.8 Å². The predicted molar refractivity (Wildman–Crippen MR) is 122 cm³/mol. The molecule has 3 aromatic rings. The Hall–Kier alpha value is -3.06. The second-order valence-electron chi connectivity index (χ2n) is 8.25. The molecule has 2 aromatic carbocycles. The smallest absolute Gasteiger partial charge is 0.385 e. The molecular weight excluding hydrogens is 439 g/mol. The van der Waals surface area contributed by atoms with Gasteiger partial charge in [-0.1, -0.05) is 32.0 Å². The summed E-state index contributed by atoms with van der Waals surface area (Å²) >= 11 is 0. The van der Waals surface area contributed by atoms with E-state index in [1.54, 1.807) is 0 Å². The fraction of sp³-hybridized carbons (Fsp3) is 0.250. The normalized spacial score (nSPS) is 14.5. The summed E-state index contributed by atoms with van der Waals surface area (Å²) in [6.07, 6.45) is -2.16. The summed E-state index contributed by atoms with van der Waals surface area (Å²) in [5.74, 6) is -0.335. The van der Waals surface area contributed by atoms with Crippen LogP contribution in [0.5, 0.6) is 0 Å². The van der Waals surface area contributed by atoms with E-state index in [2.05, 4.69) is 29.5 Å². The van der Waals surface area contributed by atoms with Crippen LogP contribution in [0.3, 0.4) is 0 Å². The number of rotatable bonds is 3. The number of nitrogens with one attached hydrogen (secondary N) is 2. The average molecular weight is 462 g/mol. The van der Waals surface area contributed by atoms with Crippen LogP contribution in [-0.2, 0) is 11.6 Å². The highest BCUT2D eigenvalue weighted by molar-refractivity contribution is 6.04. The van der Waals surface area contributed by atoms with Gasteiger partial charge in [0.25, 0.3) is 5.91 Å². The van der Waals surface area contributed by atoms with Gasteiger partial charge in [-0.3, -0.25) is 9.78 Å². The van der Waals surface area contributed by atoms with E-state index in [0.29, 0.717) is 16.8 Å². The first kappa shape index (κ1) is 23.6. The molecule has 0 saturated carbocycles. The maximum atomic E-state index is 13.2. The zero-order chi connectivity index (χ0) is 22.2.